The van der Waals surface area contributed by atoms with Crippen LogP contribution in [0.25, 0.3) is 0 Å². The number of carbonyl (C=O) groups excluding carboxylic acids is 1. The van der Waals surface area contributed by atoms with Gasteiger partial charge in [0.2, 0.25) is 0 Å². The number of carbonyl (C=O) groups is 1. The van der Waals surface area contributed by atoms with Crippen molar-refractivity contribution < 1.29 is 14.3 Å². The number of nitrogens with zero attached hydrogens (tertiary/aromatic N) is 1. The highest BCUT2D eigenvalue weighted by molar-refractivity contribution is 5.92. The third kappa shape index (κ3) is 10.3. The molecule has 0 heterocycles. The molecule has 6 nitrogen and oxygen atoms in total. The Kier molecular flexibility index (Phi) is 10.1. The van der Waals surface area contributed by atoms with E-state index in [1.807, 2.05) is 45.0 Å². The summed E-state index contributed by atoms with van der Waals surface area (Å²) < 4.78 is 10.5. The average molecular weight is 349 g/mol. The molecule has 0 spiro atoms. The molecular weight excluding hydrogens is 318 g/mol. The fraction of sp³-hybridized carbons (Fsp3) is 0.579. The first-order chi connectivity index (χ1) is 12.0. The maximum absolute atomic E-state index is 11.2. The van der Waals surface area contributed by atoms with E-state index in [4.69, 9.17) is 15.2 Å². The second-order valence-electron chi connectivity index (χ2n) is 6.05. The van der Waals surface area contributed by atoms with Gasteiger partial charge in [-0.25, -0.2) is 0 Å². The number of nitrogens with two attached hydrogens (primary N) is 1. The van der Waals surface area contributed by atoms with Gasteiger partial charge in [0, 0.05) is 18.7 Å². The van der Waals surface area contributed by atoms with Crippen molar-refractivity contribution in [2.24, 2.45) is 10.7 Å². The predicted molar refractivity (Wildman–Crippen MR) is 102 cm³/mol. The molecule has 0 amide bonds. The van der Waals surface area contributed by atoms with Gasteiger partial charge in [0.05, 0.1) is 12.7 Å². The number of rotatable bonds is 11. The van der Waals surface area contributed by atoms with Crippen molar-refractivity contribution in [1.29, 1.82) is 0 Å². The molecule has 1 aromatic rings. The second-order valence-corrected chi connectivity index (χ2v) is 6.05. The maximum atomic E-state index is 11.2. The molecule has 0 atom stereocenters. The number of anilines is 1. The largest absolute Gasteiger partial charge is 0.491 e. The monoisotopic (exact) mass is 349 g/mol. The molecule has 1 rings (SSSR count). The highest BCUT2D eigenvalue weighted by atomic mass is 16.5. The molecule has 0 bridgehead atoms. The predicted octanol–water partition coefficient (Wildman–Crippen LogP) is 3.71. The summed E-state index contributed by atoms with van der Waals surface area (Å²) in [6, 6.07) is 7.63. The lowest BCUT2D eigenvalue weighted by atomic mass is 10.1. The van der Waals surface area contributed by atoms with E-state index in [1.165, 1.54) is 0 Å². The Labute approximate surface area is 150 Å². The van der Waals surface area contributed by atoms with Gasteiger partial charge in [-0.05, 0) is 57.9 Å². The Balaban J connectivity index is 2.18. The van der Waals surface area contributed by atoms with E-state index < -0.39 is 0 Å². The molecule has 0 unspecified atom stereocenters. The molecule has 1 aromatic carbocycles. The van der Waals surface area contributed by atoms with Crippen molar-refractivity contribution in [1.82, 2.24) is 0 Å². The van der Waals surface area contributed by atoms with Crippen molar-refractivity contribution in [2.45, 2.75) is 59.0 Å². The van der Waals surface area contributed by atoms with E-state index >= 15 is 0 Å². The average Bonchev–Trinajstić information content (AvgIpc) is 2.55. The molecule has 6 heteroatoms. The van der Waals surface area contributed by atoms with Gasteiger partial charge in [0.15, 0.2) is 5.96 Å². The quantitative estimate of drug-likeness (QED) is 0.275. The number of unbranched alkanes of at least 4 members (excludes halogenated alkanes) is 3. The van der Waals surface area contributed by atoms with E-state index in [0.29, 0.717) is 25.5 Å². The van der Waals surface area contributed by atoms with Crippen LogP contribution in [0.15, 0.2) is 29.3 Å². The molecule has 25 heavy (non-hydrogen) atoms. The summed E-state index contributed by atoms with van der Waals surface area (Å²) in [7, 11) is 0. The summed E-state index contributed by atoms with van der Waals surface area (Å²) in [6.07, 6.45) is 4.49. The summed E-state index contributed by atoms with van der Waals surface area (Å²) in [4.78, 5) is 15.5. The van der Waals surface area contributed by atoms with Crippen LogP contribution in [0.1, 0.15) is 52.9 Å². The third-order valence-corrected chi connectivity index (χ3v) is 3.37. The molecule has 0 aliphatic rings. The van der Waals surface area contributed by atoms with Gasteiger partial charge >= 0.3 is 5.97 Å². The van der Waals surface area contributed by atoms with Crippen LogP contribution in [0, 0.1) is 0 Å². The molecule has 3 N–H and O–H groups in total. The van der Waals surface area contributed by atoms with Gasteiger partial charge < -0.3 is 20.5 Å². The fourth-order valence-corrected chi connectivity index (χ4v) is 2.24. The van der Waals surface area contributed by atoms with Crippen LogP contribution in [0.4, 0.5) is 5.69 Å². The number of benzene rings is 1. The Bertz CT molecular complexity index is 527. The Morgan fingerprint density at radius 1 is 1.16 bits per heavy atom. The summed E-state index contributed by atoms with van der Waals surface area (Å²) in [5.74, 6) is 1.13. The normalized spacial score (nSPS) is 11.4. The number of esters is 1. The van der Waals surface area contributed by atoms with E-state index in [9.17, 15) is 4.79 Å². The Morgan fingerprint density at radius 2 is 1.84 bits per heavy atom. The lowest BCUT2D eigenvalue weighted by Gasteiger charge is -2.10. The zero-order valence-electron chi connectivity index (χ0n) is 15.6. The van der Waals surface area contributed by atoms with Crippen molar-refractivity contribution in [3.05, 3.63) is 24.3 Å². The minimum absolute atomic E-state index is 0.112. The van der Waals surface area contributed by atoms with Gasteiger partial charge in [-0.2, -0.15) is 0 Å². The van der Waals surface area contributed by atoms with Crippen LogP contribution in [0.5, 0.6) is 5.75 Å². The van der Waals surface area contributed by atoms with Gasteiger partial charge in [-0.1, -0.05) is 12.8 Å². The summed E-state index contributed by atoms with van der Waals surface area (Å²) in [6.45, 7) is 6.93. The number of aliphatic imine (C=N–C) groups is 1. The standard InChI is InChI=1S/C19H31N3O3/c1-4-24-18(23)9-7-5-6-8-14-21-19(20)22-16-10-12-17(13-11-16)25-15(2)3/h10-13,15H,4-9,14H2,1-3H3,(H3,20,21,22). The first-order valence-electron chi connectivity index (χ1n) is 9.00. The first kappa shape index (κ1) is 20.8. The zero-order chi connectivity index (χ0) is 18.5. The highest BCUT2D eigenvalue weighted by Gasteiger charge is 2.01. The lowest BCUT2D eigenvalue weighted by molar-refractivity contribution is -0.143. The third-order valence-electron chi connectivity index (χ3n) is 3.37. The van der Waals surface area contributed by atoms with Crippen LogP contribution in [-0.2, 0) is 9.53 Å². The van der Waals surface area contributed by atoms with E-state index in [0.717, 1.165) is 37.1 Å². The SMILES string of the molecule is CCOC(=O)CCCCCCN=C(N)Nc1ccc(OC(C)C)cc1. The first-order valence-corrected chi connectivity index (χ1v) is 9.00. The molecule has 0 aromatic heterocycles. The maximum Gasteiger partial charge on any atom is 0.305 e. The number of ether oxygens (including phenoxy) is 2. The smallest absolute Gasteiger partial charge is 0.305 e. The van der Waals surface area contributed by atoms with Crippen molar-refractivity contribution >= 4 is 17.6 Å². The van der Waals surface area contributed by atoms with Crippen LogP contribution < -0.4 is 15.8 Å². The molecule has 0 saturated heterocycles. The van der Waals surface area contributed by atoms with Gasteiger partial charge in [0.25, 0.3) is 0 Å². The summed E-state index contributed by atoms with van der Waals surface area (Å²) in [5.41, 5.74) is 6.77. The van der Waals surface area contributed by atoms with E-state index in [1.54, 1.807) is 0 Å². The number of hydrogen-bond acceptors (Lipinski definition) is 4. The molecule has 140 valence electrons. The van der Waals surface area contributed by atoms with E-state index in [-0.39, 0.29) is 12.1 Å². The molecule has 0 saturated carbocycles. The minimum Gasteiger partial charge on any atom is -0.491 e. The van der Waals surface area contributed by atoms with Crippen LogP contribution in [0.3, 0.4) is 0 Å². The van der Waals surface area contributed by atoms with Crippen molar-refractivity contribution in [3.63, 3.8) is 0 Å². The van der Waals surface area contributed by atoms with E-state index in [2.05, 4.69) is 10.3 Å². The minimum atomic E-state index is -0.112. The Morgan fingerprint density at radius 3 is 2.48 bits per heavy atom. The number of hydrogen-bond donors (Lipinski definition) is 2. The fourth-order valence-electron chi connectivity index (χ4n) is 2.24. The van der Waals surface area contributed by atoms with Crippen molar-refractivity contribution in [2.75, 3.05) is 18.5 Å². The number of nitrogens with one attached hydrogen (secondary N) is 1. The lowest BCUT2D eigenvalue weighted by Crippen LogP contribution is -2.22. The highest BCUT2D eigenvalue weighted by Crippen LogP contribution is 2.16. The number of guanidine groups is 1. The summed E-state index contributed by atoms with van der Waals surface area (Å²) in [5, 5.41) is 3.06. The van der Waals surface area contributed by atoms with Crippen LogP contribution in [0.2, 0.25) is 0 Å². The molecule has 0 radical (unpaired) electrons. The van der Waals surface area contributed by atoms with Crippen molar-refractivity contribution in [3.8, 4) is 5.75 Å². The molecule has 0 fully saturated rings. The van der Waals surface area contributed by atoms with Gasteiger partial charge in [0.1, 0.15) is 5.75 Å². The topological polar surface area (TPSA) is 85.9 Å². The molecular formula is C19H31N3O3. The summed E-state index contributed by atoms with van der Waals surface area (Å²) >= 11 is 0. The Hall–Kier alpha value is -2.24. The molecule has 0 aliphatic carbocycles. The second kappa shape index (κ2) is 12.2. The van der Waals surface area contributed by atoms with Crippen LogP contribution >= 0.6 is 0 Å². The van der Waals surface area contributed by atoms with Gasteiger partial charge in [-0.3, -0.25) is 9.79 Å². The molecule has 0 aliphatic heterocycles. The van der Waals surface area contributed by atoms with Gasteiger partial charge in [-0.15, -0.1) is 0 Å². The van der Waals surface area contributed by atoms with Crippen LogP contribution in [-0.4, -0.2) is 31.2 Å². The zero-order valence-corrected chi connectivity index (χ0v) is 15.6.